The molecule has 1 aliphatic rings. The van der Waals surface area contributed by atoms with Gasteiger partial charge in [0.05, 0.1) is 5.92 Å². The van der Waals surface area contributed by atoms with Crippen LogP contribution in [-0.4, -0.2) is 54.2 Å². The molecule has 3 amide bonds. The Labute approximate surface area is 152 Å². The number of urea groups is 1. The fraction of sp³-hybridized carbons (Fsp3) is 0.500. The van der Waals surface area contributed by atoms with Crippen LogP contribution in [-0.2, 0) is 9.59 Å². The average molecular weight is 363 g/mol. The quantitative estimate of drug-likeness (QED) is 0.714. The van der Waals surface area contributed by atoms with Crippen molar-refractivity contribution >= 4 is 23.6 Å². The van der Waals surface area contributed by atoms with Crippen molar-refractivity contribution in [3.8, 4) is 5.75 Å². The first-order chi connectivity index (χ1) is 12.4. The zero-order chi connectivity index (χ0) is 19.1. The van der Waals surface area contributed by atoms with Crippen molar-refractivity contribution in [2.24, 2.45) is 11.8 Å². The molecular weight excluding hydrogens is 338 g/mol. The normalized spacial score (nSPS) is 19.5. The lowest BCUT2D eigenvalue weighted by Gasteiger charge is -2.34. The SMILES string of the molecule is CCNC(=O)COc1cccc(NC(=O)N2CC(C)CC(C(=O)O)C2)c1. The third kappa shape index (κ3) is 5.65. The number of hydrogen-bond acceptors (Lipinski definition) is 4. The molecule has 1 heterocycles. The molecule has 1 saturated heterocycles. The molecule has 1 aromatic carbocycles. The Morgan fingerprint density at radius 1 is 1.31 bits per heavy atom. The van der Waals surface area contributed by atoms with Gasteiger partial charge in [-0.05, 0) is 31.4 Å². The van der Waals surface area contributed by atoms with Crippen LogP contribution in [0.3, 0.4) is 0 Å². The first kappa shape index (κ1) is 19.6. The number of nitrogens with zero attached hydrogens (tertiary/aromatic N) is 1. The van der Waals surface area contributed by atoms with E-state index < -0.39 is 11.9 Å². The number of carbonyl (C=O) groups is 3. The van der Waals surface area contributed by atoms with Gasteiger partial charge in [0.25, 0.3) is 5.91 Å². The maximum Gasteiger partial charge on any atom is 0.321 e. The highest BCUT2D eigenvalue weighted by Gasteiger charge is 2.31. The largest absolute Gasteiger partial charge is 0.484 e. The number of benzene rings is 1. The van der Waals surface area contributed by atoms with Crippen LogP contribution in [0.5, 0.6) is 5.75 Å². The number of aliphatic carboxylic acids is 1. The number of piperidine rings is 1. The number of amides is 3. The molecule has 1 fully saturated rings. The van der Waals surface area contributed by atoms with Gasteiger partial charge in [0, 0.05) is 31.4 Å². The predicted molar refractivity (Wildman–Crippen MR) is 96.1 cm³/mol. The van der Waals surface area contributed by atoms with E-state index in [1.807, 2.05) is 13.8 Å². The van der Waals surface area contributed by atoms with E-state index in [0.717, 1.165) is 0 Å². The minimum absolute atomic E-state index is 0.102. The van der Waals surface area contributed by atoms with Crippen molar-refractivity contribution in [3.63, 3.8) is 0 Å². The molecule has 0 bridgehead atoms. The molecule has 3 N–H and O–H groups in total. The van der Waals surface area contributed by atoms with E-state index in [1.54, 1.807) is 24.3 Å². The Balaban J connectivity index is 1.95. The van der Waals surface area contributed by atoms with E-state index in [-0.39, 0.29) is 31.0 Å². The molecule has 8 nitrogen and oxygen atoms in total. The summed E-state index contributed by atoms with van der Waals surface area (Å²) >= 11 is 0. The van der Waals surface area contributed by atoms with Gasteiger partial charge in [0.1, 0.15) is 5.75 Å². The molecule has 0 spiro atoms. The smallest absolute Gasteiger partial charge is 0.321 e. The van der Waals surface area contributed by atoms with Crippen molar-refractivity contribution in [1.29, 1.82) is 0 Å². The second-order valence-corrected chi connectivity index (χ2v) is 6.48. The summed E-state index contributed by atoms with van der Waals surface area (Å²) in [5.74, 6) is -1.05. The highest BCUT2D eigenvalue weighted by molar-refractivity contribution is 5.90. The van der Waals surface area contributed by atoms with Crippen LogP contribution >= 0.6 is 0 Å². The maximum atomic E-state index is 12.5. The maximum absolute atomic E-state index is 12.5. The summed E-state index contributed by atoms with van der Waals surface area (Å²) in [6, 6.07) is 6.39. The summed E-state index contributed by atoms with van der Waals surface area (Å²) in [7, 11) is 0. The van der Waals surface area contributed by atoms with Gasteiger partial charge in [0.2, 0.25) is 0 Å². The molecule has 0 saturated carbocycles. The number of nitrogens with one attached hydrogen (secondary N) is 2. The van der Waals surface area contributed by atoms with Crippen LogP contribution in [0.4, 0.5) is 10.5 Å². The van der Waals surface area contributed by atoms with Crippen LogP contribution in [0.25, 0.3) is 0 Å². The van der Waals surface area contributed by atoms with E-state index >= 15 is 0 Å². The van der Waals surface area contributed by atoms with Crippen LogP contribution < -0.4 is 15.4 Å². The number of carboxylic acid groups (broad SMARTS) is 1. The molecule has 2 unspecified atom stereocenters. The third-order valence-electron chi connectivity index (χ3n) is 4.13. The van der Waals surface area contributed by atoms with Crippen LogP contribution in [0.15, 0.2) is 24.3 Å². The highest BCUT2D eigenvalue weighted by Crippen LogP contribution is 2.23. The predicted octanol–water partition coefficient (Wildman–Crippen LogP) is 1.78. The fourth-order valence-electron chi connectivity index (χ4n) is 2.96. The molecule has 8 heteroatoms. The lowest BCUT2D eigenvalue weighted by atomic mass is 9.91. The number of hydrogen-bond donors (Lipinski definition) is 3. The Morgan fingerprint density at radius 3 is 2.77 bits per heavy atom. The second kappa shape index (κ2) is 9.07. The molecule has 142 valence electrons. The monoisotopic (exact) mass is 363 g/mol. The number of likely N-dealkylation sites (N-methyl/N-ethyl adjacent to an activating group) is 1. The number of carbonyl (C=O) groups excluding carboxylic acids is 2. The minimum atomic E-state index is -0.880. The Bertz CT molecular complexity index is 664. The fourth-order valence-corrected chi connectivity index (χ4v) is 2.96. The summed E-state index contributed by atoms with van der Waals surface area (Å²) in [5, 5.41) is 14.6. The first-order valence-corrected chi connectivity index (χ1v) is 8.67. The Morgan fingerprint density at radius 2 is 2.08 bits per heavy atom. The number of carboxylic acids is 1. The number of rotatable bonds is 6. The molecular formula is C18H25N3O5. The van der Waals surface area contributed by atoms with Gasteiger partial charge in [-0.2, -0.15) is 0 Å². The molecule has 2 rings (SSSR count). The standard InChI is InChI=1S/C18H25N3O5/c1-3-19-16(22)11-26-15-6-4-5-14(8-15)20-18(25)21-9-12(2)7-13(10-21)17(23)24/h4-6,8,12-13H,3,7,9-11H2,1-2H3,(H,19,22)(H,20,25)(H,23,24). The van der Waals surface area contributed by atoms with Gasteiger partial charge < -0.3 is 25.4 Å². The zero-order valence-electron chi connectivity index (χ0n) is 15.0. The number of likely N-dealkylation sites (tertiary alicyclic amines) is 1. The van der Waals surface area contributed by atoms with Crippen molar-refractivity contribution < 1.29 is 24.2 Å². The zero-order valence-corrected chi connectivity index (χ0v) is 15.0. The van der Waals surface area contributed by atoms with Gasteiger partial charge in [-0.25, -0.2) is 4.79 Å². The summed E-state index contributed by atoms with van der Waals surface area (Å²) in [4.78, 5) is 36.7. The molecule has 1 aliphatic heterocycles. The van der Waals surface area contributed by atoms with Gasteiger partial charge in [0.15, 0.2) is 6.61 Å². The topological polar surface area (TPSA) is 108 Å². The molecule has 0 radical (unpaired) electrons. The van der Waals surface area contributed by atoms with E-state index in [4.69, 9.17) is 4.74 Å². The third-order valence-corrected chi connectivity index (χ3v) is 4.13. The minimum Gasteiger partial charge on any atom is -0.484 e. The van der Waals surface area contributed by atoms with Crippen LogP contribution in [0.2, 0.25) is 0 Å². The Kier molecular flexibility index (Phi) is 6.82. The van der Waals surface area contributed by atoms with E-state index in [0.29, 0.717) is 30.9 Å². The molecule has 0 aliphatic carbocycles. The van der Waals surface area contributed by atoms with Gasteiger partial charge >= 0.3 is 12.0 Å². The van der Waals surface area contributed by atoms with Crippen molar-refractivity contribution in [2.75, 3.05) is 31.6 Å². The molecule has 26 heavy (non-hydrogen) atoms. The summed E-state index contributed by atoms with van der Waals surface area (Å²) in [6.45, 7) is 4.90. The number of anilines is 1. The van der Waals surface area contributed by atoms with Gasteiger partial charge in [-0.1, -0.05) is 13.0 Å². The Hall–Kier alpha value is -2.77. The van der Waals surface area contributed by atoms with Gasteiger partial charge in [-0.3, -0.25) is 9.59 Å². The first-order valence-electron chi connectivity index (χ1n) is 8.67. The summed E-state index contributed by atoms with van der Waals surface area (Å²) in [6.07, 6.45) is 0.572. The van der Waals surface area contributed by atoms with Crippen LogP contribution in [0.1, 0.15) is 20.3 Å². The highest BCUT2D eigenvalue weighted by atomic mass is 16.5. The second-order valence-electron chi connectivity index (χ2n) is 6.48. The average Bonchev–Trinajstić information content (AvgIpc) is 2.60. The van der Waals surface area contributed by atoms with E-state index in [2.05, 4.69) is 10.6 Å². The van der Waals surface area contributed by atoms with Crippen molar-refractivity contribution in [1.82, 2.24) is 10.2 Å². The summed E-state index contributed by atoms with van der Waals surface area (Å²) in [5.41, 5.74) is 0.522. The van der Waals surface area contributed by atoms with E-state index in [1.165, 1.54) is 4.90 Å². The molecule has 2 atom stereocenters. The summed E-state index contributed by atoms with van der Waals surface area (Å²) < 4.78 is 5.40. The number of ether oxygens (including phenoxy) is 1. The lowest BCUT2D eigenvalue weighted by molar-refractivity contribution is -0.143. The van der Waals surface area contributed by atoms with Gasteiger partial charge in [-0.15, -0.1) is 0 Å². The van der Waals surface area contributed by atoms with Crippen molar-refractivity contribution in [2.45, 2.75) is 20.3 Å². The molecule has 1 aromatic rings. The van der Waals surface area contributed by atoms with Crippen molar-refractivity contribution in [3.05, 3.63) is 24.3 Å². The molecule has 0 aromatic heterocycles. The van der Waals surface area contributed by atoms with Crippen LogP contribution in [0, 0.1) is 11.8 Å². The van der Waals surface area contributed by atoms with E-state index in [9.17, 15) is 19.5 Å². The lowest BCUT2D eigenvalue weighted by Crippen LogP contribution is -2.47.